The van der Waals surface area contributed by atoms with Gasteiger partial charge in [0.05, 0.1) is 0 Å². The molecule has 0 fully saturated rings. The Morgan fingerprint density at radius 3 is 2.75 bits per heavy atom. The van der Waals surface area contributed by atoms with Gasteiger partial charge >= 0.3 is 0 Å². The van der Waals surface area contributed by atoms with Gasteiger partial charge in [0, 0.05) is 6.42 Å². The van der Waals surface area contributed by atoms with E-state index in [0.29, 0.717) is 12.0 Å². The molecule has 1 atom stereocenters. The summed E-state index contributed by atoms with van der Waals surface area (Å²) in [4.78, 5) is 0. The SMILES string of the molecule is CC(C)[C@H]1Cc2ccccc2O1. The van der Waals surface area contributed by atoms with Gasteiger partial charge in [0.25, 0.3) is 0 Å². The highest BCUT2D eigenvalue weighted by Crippen LogP contribution is 2.30. The molecule has 1 aliphatic rings. The lowest BCUT2D eigenvalue weighted by atomic mass is 10.0. The first kappa shape index (κ1) is 7.66. The van der Waals surface area contributed by atoms with E-state index in [-0.39, 0.29) is 0 Å². The summed E-state index contributed by atoms with van der Waals surface area (Å²) < 4.78 is 5.77. The Bertz CT molecular complexity index is 253. The van der Waals surface area contributed by atoms with Crippen LogP contribution in [0, 0.1) is 5.92 Å². The van der Waals surface area contributed by atoms with Crippen LogP contribution in [0.3, 0.4) is 0 Å². The van der Waals surface area contributed by atoms with E-state index in [0.717, 1.165) is 12.2 Å². The Hall–Kier alpha value is -0.980. The molecule has 2 rings (SSSR count). The van der Waals surface area contributed by atoms with Crippen molar-refractivity contribution in [1.29, 1.82) is 0 Å². The number of fused-ring (bicyclic) bond motifs is 1. The molecule has 1 heteroatoms. The lowest BCUT2D eigenvalue weighted by Gasteiger charge is -2.13. The van der Waals surface area contributed by atoms with Crippen molar-refractivity contribution in [2.24, 2.45) is 5.92 Å². The van der Waals surface area contributed by atoms with E-state index < -0.39 is 0 Å². The maximum absolute atomic E-state index is 5.77. The van der Waals surface area contributed by atoms with E-state index in [1.165, 1.54) is 5.56 Å². The minimum atomic E-state index is 0.391. The predicted octanol–water partition coefficient (Wildman–Crippen LogP) is 2.65. The molecule has 12 heavy (non-hydrogen) atoms. The summed E-state index contributed by atoms with van der Waals surface area (Å²) >= 11 is 0. The van der Waals surface area contributed by atoms with Crippen LogP contribution in [0.25, 0.3) is 0 Å². The summed E-state index contributed by atoms with van der Waals surface area (Å²) in [6.07, 6.45) is 1.47. The van der Waals surface area contributed by atoms with Gasteiger partial charge in [-0.25, -0.2) is 0 Å². The fourth-order valence-electron chi connectivity index (χ4n) is 1.58. The van der Waals surface area contributed by atoms with Crippen LogP contribution in [0.1, 0.15) is 19.4 Å². The van der Waals surface area contributed by atoms with Crippen molar-refractivity contribution in [3.05, 3.63) is 29.8 Å². The van der Waals surface area contributed by atoms with Gasteiger partial charge in [0.1, 0.15) is 11.9 Å². The number of rotatable bonds is 1. The molecule has 1 aliphatic heterocycles. The summed E-state index contributed by atoms with van der Waals surface area (Å²) in [5.41, 5.74) is 1.36. The maximum atomic E-state index is 5.77. The van der Waals surface area contributed by atoms with E-state index in [1.54, 1.807) is 0 Å². The lowest BCUT2D eigenvalue weighted by molar-refractivity contribution is 0.179. The normalized spacial score (nSPS) is 20.8. The highest BCUT2D eigenvalue weighted by Gasteiger charge is 2.24. The third-order valence-electron chi connectivity index (χ3n) is 2.42. The van der Waals surface area contributed by atoms with Gasteiger partial charge < -0.3 is 4.74 Å². The van der Waals surface area contributed by atoms with Crippen molar-refractivity contribution >= 4 is 0 Å². The zero-order chi connectivity index (χ0) is 8.55. The standard InChI is InChI=1S/C11H14O/c1-8(2)11-7-9-5-3-4-6-10(9)12-11/h3-6,8,11H,7H2,1-2H3/t11-/m1/s1. The summed E-state index contributed by atoms with van der Waals surface area (Å²) in [6, 6.07) is 8.31. The molecule has 0 N–H and O–H groups in total. The molecule has 0 aromatic heterocycles. The maximum Gasteiger partial charge on any atom is 0.123 e. The molecule has 0 bridgehead atoms. The quantitative estimate of drug-likeness (QED) is 0.616. The molecule has 0 unspecified atom stereocenters. The predicted molar refractivity (Wildman–Crippen MR) is 49.4 cm³/mol. The second kappa shape index (κ2) is 2.81. The number of hydrogen-bond acceptors (Lipinski definition) is 1. The molecule has 1 aromatic rings. The van der Waals surface area contributed by atoms with Gasteiger partial charge in [0.15, 0.2) is 0 Å². The molecule has 1 nitrogen and oxygen atoms in total. The van der Waals surface area contributed by atoms with E-state index in [4.69, 9.17) is 4.74 Å². The summed E-state index contributed by atoms with van der Waals surface area (Å²) in [7, 11) is 0. The third-order valence-corrected chi connectivity index (χ3v) is 2.42. The van der Waals surface area contributed by atoms with Crippen LogP contribution in [-0.2, 0) is 6.42 Å². The molecule has 64 valence electrons. The van der Waals surface area contributed by atoms with Crippen LogP contribution >= 0.6 is 0 Å². The Labute approximate surface area is 73.4 Å². The molecular formula is C11H14O. The fourth-order valence-corrected chi connectivity index (χ4v) is 1.58. The van der Waals surface area contributed by atoms with Gasteiger partial charge in [-0.15, -0.1) is 0 Å². The first-order chi connectivity index (χ1) is 5.77. The Balaban J connectivity index is 2.22. The van der Waals surface area contributed by atoms with Gasteiger partial charge in [-0.1, -0.05) is 32.0 Å². The van der Waals surface area contributed by atoms with E-state index >= 15 is 0 Å². The van der Waals surface area contributed by atoms with Gasteiger partial charge in [-0.2, -0.15) is 0 Å². The summed E-state index contributed by atoms with van der Waals surface area (Å²) in [5, 5.41) is 0. The van der Waals surface area contributed by atoms with Crippen LogP contribution in [-0.4, -0.2) is 6.10 Å². The van der Waals surface area contributed by atoms with Gasteiger partial charge in [-0.3, -0.25) is 0 Å². The molecule has 0 spiro atoms. The molecule has 0 saturated heterocycles. The molecule has 0 aliphatic carbocycles. The van der Waals surface area contributed by atoms with Crippen molar-refractivity contribution in [1.82, 2.24) is 0 Å². The van der Waals surface area contributed by atoms with Crippen molar-refractivity contribution in [2.75, 3.05) is 0 Å². The molecule has 0 amide bonds. The third kappa shape index (κ3) is 1.20. The first-order valence-electron chi connectivity index (χ1n) is 4.52. The first-order valence-corrected chi connectivity index (χ1v) is 4.52. The highest BCUT2D eigenvalue weighted by atomic mass is 16.5. The van der Waals surface area contributed by atoms with Crippen LogP contribution in [0.5, 0.6) is 5.75 Å². The number of hydrogen-bond donors (Lipinski definition) is 0. The van der Waals surface area contributed by atoms with Crippen LogP contribution in [0.4, 0.5) is 0 Å². The second-order valence-corrected chi connectivity index (χ2v) is 3.71. The monoisotopic (exact) mass is 162 g/mol. The minimum absolute atomic E-state index is 0.391. The number of ether oxygens (including phenoxy) is 1. The van der Waals surface area contributed by atoms with E-state index in [1.807, 2.05) is 6.07 Å². The molecule has 1 aromatic carbocycles. The number of para-hydroxylation sites is 1. The zero-order valence-electron chi connectivity index (χ0n) is 7.58. The van der Waals surface area contributed by atoms with Gasteiger partial charge in [0.2, 0.25) is 0 Å². The largest absolute Gasteiger partial charge is 0.490 e. The fraction of sp³-hybridized carbons (Fsp3) is 0.455. The average Bonchev–Trinajstić information content (AvgIpc) is 2.46. The molecule has 0 radical (unpaired) electrons. The molecule has 0 saturated carbocycles. The van der Waals surface area contributed by atoms with E-state index in [2.05, 4.69) is 32.0 Å². The smallest absolute Gasteiger partial charge is 0.123 e. The Kier molecular flexibility index (Phi) is 1.80. The Morgan fingerprint density at radius 2 is 2.08 bits per heavy atom. The van der Waals surface area contributed by atoms with Gasteiger partial charge in [-0.05, 0) is 17.5 Å². The van der Waals surface area contributed by atoms with Crippen molar-refractivity contribution in [3.8, 4) is 5.75 Å². The van der Waals surface area contributed by atoms with Crippen molar-refractivity contribution in [2.45, 2.75) is 26.4 Å². The van der Waals surface area contributed by atoms with E-state index in [9.17, 15) is 0 Å². The van der Waals surface area contributed by atoms with Crippen molar-refractivity contribution < 1.29 is 4.74 Å². The minimum Gasteiger partial charge on any atom is -0.490 e. The number of benzene rings is 1. The zero-order valence-corrected chi connectivity index (χ0v) is 7.58. The topological polar surface area (TPSA) is 9.23 Å². The summed E-state index contributed by atoms with van der Waals surface area (Å²) in [6.45, 7) is 4.41. The van der Waals surface area contributed by atoms with Crippen LogP contribution in [0.15, 0.2) is 24.3 Å². The average molecular weight is 162 g/mol. The summed E-state index contributed by atoms with van der Waals surface area (Å²) in [5.74, 6) is 1.69. The molecular weight excluding hydrogens is 148 g/mol. The van der Waals surface area contributed by atoms with Crippen LogP contribution in [0.2, 0.25) is 0 Å². The second-order valence-electron chi connectivity index (χ2n) is 3.71. The highest BCUT2D eigenvalue weighted by molar-refractivity contribution is 5.37. The van der Waals surface area contributed by atoms with Crippen molar-refractivity contribution in [3.63, 3.8) is 0 Å². The lowest BCUT2D eigenvalue weighted by Crippen LogP contribution is -2.19. The Morgan fingerprint density at radius 1 is 1.33 bits per heavy atom. The van der Waals surface area contributed by atoms with Crippen LogP contribution < -0.4 is 4.74 Å². The molecule has 1 heterocycles.